The molecule has 30 heavy (non-hydrogen) atoms. The summed E-state index contributed by atoms with van der Waals surface area (Å²) >= 11 is 0. The summed E-state index contributed by atoms with van der Waals surface area (Å²) in [6.45, 7) is 0. The van der Waals surface area contributed by atoms with Gasteiger partial charge in [0.05, 0.1) is 0 Å². The van der Waals surface area contributed by atoms with E-state index in [2.05, 4.69) is 4.74 Å². The Balaban J connectivity index is 1.39. The molecule has 2 aliphatic carbocycles. The average Bonchev–Trinajstić information content (AvgIpc) is 2.71. The van der Waals surface area contributed by atoms with Crippen molar-refractivity contribution in [2.75, 3.05) is 0 Å². The first-order valence-corrected chi connectivity index (χ1v) is 11.1. The van der Waals surface area contributed by atoms with Crippen LogP contribution in [-0.2, 0) is 4.79 Å². The first-order chi connectivity index (χ1) is 14.3. The highest BCUT2D eigenvalue weighted by Crippen LogP contribution is 2.44. The minimum Gasteiger partial charge on any atom is -0.478 e. The van der Waals surface area contributed by atoms with E-state index >= 15 is 0 Å². The number of alkyl halides is 3. The summed E-state index contributed by atoms with van der Waals surface area (Å²) in [5, 5.41) is 8.64. The minimum atomic E-state index is -4.65. The SMILES string of the molecule is O=C(O)/C=C/CCC1CCC(C2CCC(c3ccc(OC(F)(F)F)cc3)CC2)CC1. The molecule has 0 atom stereocenters. The first kappa shape index (κ1) is 22.7. The number of carboxylic acids is 1. The number of benzene rings is 1. The van der Waals surface area contributed by atoms with Crippen LogP contribution < -0.4 is 4.74 Å². The van der Waals surface area contributed by atoms with Gasteiger partial charge in [-0.2, -0.15) is 0 Å². The molecule has 1 N–H and O–H groups in total. The lowest BCUT2D eigenvalue weighted by Crippen LogP contribution is -2.25. The molecule has 0 unspecified atom stereocenters. The van der Waals surface area contributed by atoms with Gasteiger partial charge in [-0.15, -0.1) is 13.2 Å². The van der Waals surface area contributed by atoms with Crippen LogP contribution in [0.25, 0.3) is 0 Å². The van der Waals surface area contributed by atoms with E-state index in [9.17, 15) is 18.0 Å². The lowest BCUT2D eigenvalue weighted by Gasteiger charge is -2.38. The maximum Gasteiger partial charge on any atom is 0.573 e. The van der Waals surface area contributed by atoms with Gasteiger partial charge < -0.3 is 9.84 Å². The van der Waals surface area contributed by atoms with Crippen LogP contribution in [-0.4, -0.2) is 17.4 Å². The zero-order valence-corrected chi connectivity index (χ0v) is 17.2. The van der Waals surface area contributed by atoms with Crippen molar-refractivity contribution in [1.29, 1.82) is 0 Å². The second-order valence-corrected chi connectivity index (χ2v) is 8.83. The standard InChI is InChI=1S/C24H31F3O3/c25-24(26,27)30-22-15-13-21(14-16-22)20-11-9-19(10-12-20)18-7-5-17(6-8-18)3-1-2-4-23(28)29/h2,4,13-20H,1,3,5-12H2,(H,28,29)/b4-2+. The number of allylic oxidation sites excluding steroid dienone is 1. The Morgan fingerprint density at radius 3 is 2.07 bits per heavy atom. The average molecular weight is 425 g/mol. The molecule has 0 heterocycles. The number of ether oxygens (including phenoxy) is 1. The van der Waals surface area contributed by atoms with E-state index in [-0.39, 0.29) is 5.75 Å². The molecule has 0 aliphatic heterocycles. The van der Waals surface area contributed by atoms with Crippen LogP contribution in [0.15, 0.2) is 36.4 Å². The van der Waals surface area contributed by atoms with Crippen LogP contribution in [0.3, 0.4) is 0 Å². The van der Waals surface area contributed by atoms with Gasteiger partial charge in [0.1, 0.15) is 5.75 Å². The summed E-state index contributed by atoms with van der Waals surface area (Å²) < 4.78 is 40.9. The van der Waals surface area contributed by atoms with E-state index in [1.807, 2.05) is 0 Å². The van der Waals surface area contributed by atoms with Gasteiger partial charge in [0, 0.05) is 6.08 Å². The van der Waals surface area contributed by atoms with Crippen LogP contribution in [0.5, 0.6) is 5.75 Å². The van der Waals surface area contributed by atoms with Crippen molar-refractivity contribution in [3.8, 4) is 5.75 Å². The van der Waals surface area contributed by atoms with E-state index in [1.54, 1.807) is 18.2 Å². The molecule has 3 nitrogen and oxygen atoms in total. The predicted octanol–water partition coefficient (Wildman–Crippen LogP) is 7.09. The van der Waals surface area contributed by atoms with Gasteiger partial charge in [0.25, 0.3) is 0 Å². The van der Waals surface area contributed by atoms with Crippen molar-refractivity contribution in [3.63, 3.8) is 0 Å². The van der Waals surface area contributed by atoms with E-state index in [0.29, 0.717) is 11.8 Å². The first-order valence-electron chi connectivity index (χ1n) is 11.1. The highest BCUT2D eigenvalue weighted by atomic mass is 19.4. The zero-order valence-electron chi connectivity index (χ0n) is 17.2. The molecular formula is C24H31F3O3. The number of hydrogen-bond donors (Lipinski definition) is 1. The van der Waals surface area contributed by atoms with Crippen LogP contribution in [0.4, 0.5) is 13.2 Å². The molecule has 1 aromatic carbocycles. The number of carboxylic acid groups (broad SMARTS) is 1. The highest BCUT2D eigenvalue weighted by Gasteiger charge is 2.32. The molecule has 2 saturated carbocycles. The van der Waals surface area contributed by atoms with Crippen molar-refractivity contribution < 1.29 is 27.8 Å². The number of aliphatic carboxylic acids is 1. The lowest BCUT2D eigenvalue weighted by molar-refractivity contribution is -0.274. The molecule has 6 heteroatoms. The number of hydrogen-bond acceptors (Lipinski definition) is 2. The van der Waals surface area contributed by atoms with Crippen LogP contribution in [0.2, 0.25) is 0 Å². The van der Waals surface area contributed by atoms with Gasteiger partial charge in [-0.25, -0.2) is 4.79 Å². The summed E-state index contributed by atoms with van der Waals surface area (Å²) in [6.07, 6.45) is 9.90. The van der Waals surface area contributed by atoms with Gasteiger partial charge in [-0.3, -0.25) is 0 Å². The van der Waals surface area contributed by atoms with Crippen LogP contribution in [0, 0.1) is 17.8 Å². The molecule has 2 fully saturated rings. The summed E-state index contributed by atoms with van der Waals surface area (Å²) in [7, 11) is 0. The smallest absolute Gasteiger partial charge is 0.478 e. The van der Waals surface area contributed by atoms with Crippen LogP contribution >= 0.6 is 0 Å². The Morgan fingerprint density at radius 1 is 0.967 bits per heavy atom. The van der Waals surface area contributed by atoms with E-state index in [1.165, 1.54) is 56.7 Å². The van der Waals surface area contributed by atoms with Crippen molar-refractivity contribution in [2.45, 2.75) is 76.5 Å². The van der Waals surface area contributed by atoms with Crippen molar-refractivity contribution >= 4 is 5.97 Å². The molecule has 0 saturated heterocycles. The topological polar surface area (TPSA) is 46.5 Å². The summed E-state index contributed by atoms with van der Waals surface area (Å²) in [4.78, 5) is 10.5. The monoisotopic (exact) mass is 424 g/mol. The molecular weight excluding hydrogens is 393 g/mol. The van der Waals surface area contributed by atoms with E-state index < -0.39 is 12.3 Å². The van der Waals surface area contributed by atoms with Gasteiger partial charge in [-0.05, 0) is 92.7 Å². The van der Waals surface area contributed by atoms with Crippen molar-refractivity contribution in [1.82, 2.24) is 0 Å². The lowest BCUT2D eigenvalue weighted by atomic mass is 9.68. The Morgan fingerprint density at radius 2 is 1.53 bits per heavy atom. The molecule has 0 bridgehead atoms. The zero-order chi connectivity index (χ0) is 21.6. The number of carbonyl (C=O) groups is 1. The predicted molar refractivity (Wildman–Crippen MR) is 109 cm³/mol. The Bertz CT molecular complexity index is 695. The van der Waals surface area contributed by atoms with Gasteiger partial charge >= 0.3 is 12.3 Å². The van der Waals surface area contributed by atoms with Gasteiger partial charge in [0.2, 0.25) is 0 Å². The number of halogens is 3. The quantitative estimate of drug-likeness (QED) is 0.476. The molecule has 2 aliphatic rings. The Labute approximate surface area is 176 Å². The summed E-state index contributed by atoms with van der Waals surface area (Å²) in [6, 6.07) is 6.38. The Hall–Kier alpha value is -1.98. The second-order valence-electron chi connectivity index (χ2n) is 8.83. The third-order valence-corrected chi connectivity index (χ3v) is 6.92. The Kier molecular flexibility index (Phi) is 7.84. The maximum atomic E-state index is 12.3. The second kappa shape index (κ2) is 10.4. The highest BCUT2D eigenvalue weighted by molar-refractivity contribution is 5.79. The fourth-order valence-electron chi connectivity index (χ4n) is 5.33. The minimum absolute atomic E-state index is 0.157. The molecule has 1 aromatic rings. The molecule has 0 radical (unpaired) electrons. The molecule has 0 aromatic heterocycles. The van der Waals surface area contributed by atoms with Gasteiger partial charge in [0.15, 0.2) is 0 Å². The van der Waals surface area contributed by atoms with Crippen LogP contribution in [0.1, 0.15) is 75.7 Å². The normalized spacial score (nSPS) is 27.8. The van der Waals surface area contributed by atoms with Gasteiger partial charge in [-0.1, -0.05) is 31.1 Å². The maximum absolute atomic E-state index is 12.3. The largest absolute Gasteiger partial charge is 0.573 e. The third-order valence-electron chi connectivity index (χ3n) is 6.92. The van der Waals surface area contributed by atoms with Crippen molar-refractivity contribution in [2.24, 2.45) is 17.8 Å². The summed E-state index contributed by atoms with van der Waals surface area (Å²) in [5.41, 5.74) is 1.11. The third kappa shape index (κ3) is 7.06. The van der Waals surface area contributed by atoms with E-state index in [0.717, 1.165) is 43.1 Å². The fourth-order valence-corrected chi connectivity index (χ4v) is 5.33. The molecule has 0 amide bonds. The van der Waals surface area contributed by atoms with Crippen molar-refractivity contribution in [3.05, 3.63) is 42.0 Å². The van der Waals surface area contributed by atoms with E-state index in [4.69, 9.17) is 5.11 Å². The summed E-state index contributed by atoms with van der Waals surface area (Å²) in [5.74, 6) is 1.67. The number of rotatable bonds is 7. The molecule has 0 spiro atoms. The fraction of sp³-hybridized carbons (Fsp3) is 0.625. The molecule has 3 rings (SSSR count). The molecule has 166 valence electrons.